The SMILES string of the molecule is CC(=O)CCOC(=O)c1cc(SSc2ccc([N+](=O)[O-])c(C(=O)OCCC(C)=O)c2)ccc1C.CNCCCC[NH+]=C(N)CCSSCCC(C)=[NH2+].CNCC[NH+]=C(N)CCSSCCC(C)=[NH2+]. The zero-order valence-corrected chi connectivity index (χ0v) is 45.6. The van der Waals surface area contributed by atoms with Crippen molar-refractivity contribution in [2.24, 2.45) is 11.5 Å². The molecule has 2 rings (SSSR count). The zero-order valence-electron chi connectivity index (χ0n) is 40.7. The number of rotatable bonds is 34. The molecule has 12 N–H and O–H groups in total. The Labute approximate surface area is 426 Å². The first-order chi connectivity index (χ1) is 32.4. The van der Waals surface area contributed by atoms with Crippen LogP contribution < -0.4 is 42.9 Å². The van der Waals surface area contributed by atoms with E-state index in [1.165, 1.54) is 60.1 Å². The van der Waals surface area contributed by atoms with Gasteiger partial charge in [-0.1, -0.05) is 70.8 Å². The van der Waals surface area contributed by atoms with Gasteiger partial charge in [0.1, 0.15) is 28.6 Å². The number of nitrogens with two attached hydrogens (primary N) is 4. The molecule has 0 aliphatic heterocycles. The number of Topliss-reactive ketones (excluding diaryl/α,β-unsaturated/α-hetero) is 2. The number of likely N-dealkylation sites (N-methyl/N-ethyl adjacent to an activating group) is 1. The summed E-state index contributed by atoms with van der Waals surface area (Å²) in [5.74, 6) is 4.42. The highest BCUT2D eigenvalue weighted by molar-refractivity contribution is 8.77. The van der Waals surface area contributed by atoms with Crippen molar-refractivity contribution in [2.75, 3.05) is 76.5 Å². The van der Waals surface area contributed by atoms with Gasteiger partial charge in [0.25, 0.3) is 5.69 Å². The molecule has 17 nitrogen and oxygen atoms in total. The van der Waals surface area contributed by atoms with E-state index < -0.39 is 22.5 Å². The molecular formula is C45H75N9O8S6+4. The van der Waals surface area contributed by atoms with Crippen LogP contribution in [0.4, 0.5) is 5.69 Å². The van der Waals surface area contributed by atoms with Crippen molar-refractivity contribution in [2.45, 2.75) is 95.8 Å². The highest BCUT2D eigenvalue weighted by Gasteiger charge is 2.23. The highest BCUT2D eigenvalue weighted by Crippen LogP contribution is 2.39. The van der Waals surface area contributed by atoms with Crippen molar-refractivity contribution in [3.05, 3.63) is 63.2 Å². The molecule has 0 saturated carbocycles. The molecule has 0 heterocycles. The van der Waals surface area contributed by atoms with Gasteiger partial charge in [-0.25, -0.2) is 9.59 Å². The minimum atomic E-state index is -0.883. The molecule has 0 bridgehead atoms. The van der Waals surface area contributed by atoms with E-state index >= 15 is 0 Å². The number of nitrogens with one attached hydrogen (secondary N) is 4. The summed E-state index contributed by atoms with van der Waals surface area (Å²) in [4.78, 5) is 65.1. The molecule has 0 saturated heterocycles. The van der Waals surface area contributed by atoms with Gasteiger partial charge >= 0.3 is 11.9 Å². The summed E-state index contributed by atoms with van der Waals surface area (Å²) in [6.07, 6.45) is 6.39. The molecule has 68 heavy (non-hydrogen) atoms. The minimum Gasteiger partial charge on any atom is -0.462 e. The Bertz CT molecular complexity index is 1940. The van der Waals surface area contributed by atoms with Crippen LogP contribution in [0.2, 0.25) is 0 Å². The van der Waals surface area contributed by atoms with Gasteiger partial charge in [0.05, 0.1) is 49.6 Å². The molecule has 0 atom stereocenters. The monoisotopic (exact) mass is 1060 g/mol. The lowest BCUT2D eigenvalue weighted by atomic mass is 10.1. The zero-order chi connectivity index (χ0) is 51.1. The van der Waals surface area contributed by atoms with Crippen LogP contribution in [0, 0.1) is 17.0 Å². The Kier molecular flexibility index (Phi) is 39.1. The molecule has 0 aliphatic carbocycles. The fourth-order valence-electron chi connectivity index (χ4n) is 4.73. The van der Waals surface area contributed by atoms with E-state index in [-0.39, 0.29) is 43.2 Å². The van der Waals surface area contributed by atoms with Crippen LogP contribution in [-0.4, -0.2) is 128 Å². The van der Waals surface area contributed by atoms with Crippen LogP contribution in [0.15, 0.2) is 46.2 Å². The molecule has 0 unspecified atom stereocenters. The van der Waals surface area contributed by atoms with Crippen LogP contribution in [0.1, 0.15) is 105 Å². The molecule has 0 aliphatic rings. The molecule has 0 spiro atoms. The first-order valence-electron chi connectivity index (χ1n) is 22.1. The summed E-state index contributed by atoms with van der Waals surface area (Å²) in [6.45, 7) is 12.2. The topological polar surface area (TPSA) is 285 Å². The van der Waals surface area contributed by atoms with E-state index in [0.29, 0.717) is 16.0 Å². The Hall–Kier alpha value is -3.58. The van der Waals surface area contributed by atoms with Gasteiger partial charge in [-0.3, -0.25) is 52.0 Å². The quantitative estimate of drug-likeness (QED) is 0.00944. The number of ketones is 2. The lowest BCUT2D eigenvalue weighted by molar-refractivity contribution is -0.460. The number of unbranched alkanes of at least 4 members (excludes halogenated alkanes) is 1. The number of nitrogens with zero attached hydrogens (tertiary/aromatic N) is 1. The molecule has 0 amide bonds. The highest BCUT2D eigenvalue weighted by atomic mass is 33.1. The molecule has 2 aromatic rings. The summed E-state index contributed by atoms with van der Waals surface area (Å²) in [7, 11) is 13.9. The maximum Gasteiger partial charge on any atom is 0.345 e. The number of carbonyl (C=O) groups is 4. The van der Waals surface area contributed by atoms with E-state index in [1.807, 2.05) is 77.2 Å². The number of nitro benzene ring substituents is 1. The predicted octanol–water partition coefficient (Wildman–Crippen LogP) is 1.81. The van der Waals surface area contributed by atoms with Gasteiger partial charge in [-0.2, -0.15) is 0 Å². The molecule has 0 radical (unpaired) electrons. The smallest absolute Gasteiger partial charge is 0.345 e. The average molecular weight is 1060 g/mol. The Balaban J connectivity index is 0.00000111. The number of benzene rings is 2. The van der Waals surface area contributed by atoms with Crippen molar-refractivity contribution in [3.63, 3.8) is 0 Å². The fourth-order valence-corrected chi connectivity index (χ4v) is 11.0. The molecule has 2 aromatic carbocycles. The largest absolute Gasteiger partial charge is 0.462 e. The molecule has 380 valence electrons. The van der Waals surface area contributed by atoms with Crippen LogP contribution in [-0.2, 0) is 19.1 Å². The number of amidine groups is 2. The van der Waals surface area contributed by atoms with Gasteiger partial charge in [0.15, 0.2) is 0 Å². The third-order valence-electron chi connectivity index (χ3n) is 8.59. The molecular weight excluding hydrogens is 987 g/mol. The second kappa shape index (κ2) is 41.2. The Morgan fingerprint density at radius 3 is 1.54 bits per heavy atom. The molecule has 0 fully saturated rings. The normalized spacial score (nSPS) is 11.1. The van der Waals surface area contributed by atoms with Gasteiger partial charge in [-0.05, 0) is 84.1 Å². The van der Waals surface area contributed by atoms with Crippen LogP contribution in [0.5, 0.6) is 0 Å². The van der Waals surface area contributed by atoms with Crippen LogP contribution >= 0.6 is 64.8 Å². The first-order valence-corrected chi connectivity index (χ1v) is 29.2. The fraction of sp³-hybridized carbons (Fsp3) is 0.556. The second-order valence-electron chi connectivity index (χ2n) is 15.1. The van der Waals surface area contributed by atoms with Gasteiger partial charge in [-0.15, -0.1) is 0 Å². The third kappa shape index (κ3) is 35.5. The average Bonchev–Trinajstić information content (AvgIpc) is 3.28. The van der Waals surface area contributed by atoms with Gasteiger partial charge in [0, 0.05) is 84.9 Å². The van der Waals surface area contributed by atoms with Gasteiger partial charge in [0.2, 0.25) is 11.7 Å². The maximum absolute atomic E-state index is 12.3. The number of hydrogen-bond donors (Lipinski definition) is 8. The maximum atomic E-state index is 12.3. The van der Waals surface area contributed by atoms with E-state index in [9.17, 15) is 29.3 Å². The molecule has 23 heteroatoms. The van der Waals surface area contributed by atoms with Crippen LogP contribution in [0.25, 0.3) is 0 Å². The summed E-state index contributed by atoms with van der Waals surface area (Å²) in [6, 6.07) is 9.31. The standard InChI is InChI=1S/C23H23NO8S2.C12H26N4S2.C10H22N4S2/c1-14-4-5-17(12-19(14)22(27)31-10-8-15(2)25)33-34-18-6-7-21(24(29)30)20(13-18)23(28)32-11-9-16(3)26;1-11(13)5-9-17-18-10-6-12(14)16-8-4-3-7-15-2;1-9(11)3-7-15-16-8-4-10(12)14-6-5-13-2/h4-7,12-13H,8-11H2,1-3H3;13,15H,3-10H2,1-2H3,(H2,14,16);11,13H,3-8H2,1-2H3,(H2,12,14)/p+4. The first kappa shape index (κ1) is 64.4. The minimum absolute atomic E-state index is 0.00775. The van der Waals surface area contributed by atoms with Gasteiger partial charge < -0.3 is 20.1 Å². The second-order valence-corrected chi connectivity index (χ2v) is 22.7. The number of aryl methyl sites for hydroxylation is 1. The number of carbonyl (C=O) groups excluding carboxylic acids is 4. The van der Waals surface area contributed by atoms with Crippen LogP contribution in [0.3, 0.4) is 0 Å². The molecule has 0 aromatic heterocycles. The van der Waals surface area contributed by atoms with Crippen molar-refractivity contribution >= 4 is 117 Å². The van der Waals surface area contributed by atoms with Crippen molar-refractivity contribution in [3.8, 4) is 0 Å². The number of hydrogen-bond acceptors (Lipinski definition) is 16. The third-order valence-corrected chi connectivity index (χ3v) is 15.8. The van der Waals surface area contributed by atoms with E-state index in [1.54, 1.807) is 19.1 Å². The number of ether oxygens (including phenoxy) is 2. The van der Waals surface area contributed by atoms with Crippen molar-refractivity contribution in [1.29, 1.82) is 0 Å². The summed E-state index contributed by atoms with van der Waals surface area (Å²) < 4.78 is 10.1. The number of esters is 2. The van der Waals surface area contributed by atoms with E-state index in [4.69, 9.17) is 31.8 Å². The van der Waals surface area contributed by atoms with E-state index in [2.05, 4.69) is 20.6 Å². The van der Waals surface area contributed by atoms with E-state index in [0.717, 1.165) is 109 Å². The van der Waals surface area contributed by atoms with Crippen molar-refractivity contribution < 1.29 is 54.4 Å². The predicted molar refractivity (Wildman–Crippen MR) is 288 cm³/mol. The Morgan fingerprint density at radius 2 is 1.09 bits per heavy atom. The number of nitro groups is 1. The summed E-state index contributed by atoms with van der Waals surface area (Å²) in [5.41, 5.74) is 14.2. The lowest BCUT2D eigenvalue weighted by Gasteiger charge is -2.09. The Morgan fingerprint density at radius 1 is 0.647 bits per heavy atom. The van der Waals surface area contributed by atoms with Crippen molar-refractivity contribution in [1.82, 2.24) is 10.6 Å². The summed E-state index contributed by atoms with van der Waals surface area (Å²) in [5, 5.41) is 28.7. The lowest BCUT2D eigenvalue weighted by Crippen LogP contribution is -2.77. The summed E-state index contributed by atoms with van der Waals surface area (Å²) >= 11 is 0.